The molecular weight excluding hydrogens is 325 g/mol. The van der Waals surface area contributed by atoms with Gasteiger partial charge in [0.1, 0.15) is 0 Å². The van der Waals surface area contributed by atoms with Gasteiger partial charge in [0.05, 0.1) is 11.8 Å². The molecule has 2 N–H and O–H groups in total. The van der Waals surface area contributed by atoms with Crippen molar-refractivity contribution in [3.05, 3.63) is 35.4 Å². The highest BCUT2D eigenvalue weighted by Crippen LogP contribution is 2.37. The standard InChI is InChI=1S/C16H19F3N2O3/c1-10-2-4-11(5-3-10)6-7-20-15(24)21-8-12(14(22)23)13(9-21)16(17,18)19/h2-5,12-13H,6-9H2,1H3,(H,20,24)(H,22,23)/t12-,13-/m1/s1. The minimum absolute atomic E-state index is 0.271. The van der Waals surface area contributed by atoms with Crippen molar-refractivity contribution >= 4 is 12.0 Å². The average Bonchev–Trinajstić information content (AvgIpc) is 2.95. The highest BCUT2D eigenvalue weighted by molar-refractivity contribution is 5.77. The van der Waals surface area contributed by atoms with E-state index in [-0.39, 0.29) is 6.54 Å². The molecule has 0 radical (unpaired) electrons. The molecule has 5 nitrogen and oxygen atoms in total. The lowest BCUT2D eigenvalue weighted by Crippen LogP contribution is -2.40. The summed E-state index contributed by atoms with van der Waals surface area (Å²) in [5.74, 6) is -5.18. The Morgan fingerprint density at radius 2 is 1.88 bits per heavy atom. The summed E-state index contributed by atoms with van der Waals surface area (Å²) < 4.78 is 38.7. The Hall–Kier alpha value is -2.25. The second kappa shape index (κ2) is 7.11. The molecule has 0 aromatic heterocycles. The number of carboxylic acids is 1. The molecule has 8 heteroatoms. The molecule has 1 aromatic rings. The van der Waals surface area contributed by atoms with Crippen LogP contribution >= 0.6 is 0 Å². The van der Waals surface area contributed by atoms with E-state index in [0.717, 1.165) is 16.0 Å². The number of urea groups is 1. The zero-order chi connectivity index (χ0) is 17.9. The number of alkyl halides is 3. The highest BCUT2D eigenvalue weighted by Gasteiger charge is 2.53. The molecule has 1 aromatic carbocycles. The molecule has 2 atom stereocenters. The van der Waals surface area contributed by atoms with Crippen LogP contribution in [0.15, 0.2) is 24.3 Å². The third-order valence-corrected chi connectivity index (χ3v) is 4.16. The lowest BCUT2D eigenvalue weighted by molar-refractivity contribution is -0.187. The number of benzene rings is 1. The van der Waals surface area contributed by atoms with E-state index in [4.69, 9.17) is 5.11 Å². The summed E-state index contributed by atoms with van der Waals surface area (Å²) in [6.45, 7) is 1.16. The SMILES string of the molecule is Cc1ccc(CCNC(=O)N2C[C@@H](C(F)(F)F)[C@H](C(=O)O)C2)cc1. The summed E-state index contributed by atoms with van der Waals surface area (Å²) in [7, 11) is 0. The molecular formula is C16H19F3N2O3. The Balaban J connectivity index is 1.88. The summed E-state index contributed by atoms with van der Waals surface area (Å²) >= 11 is 0. The van der Waals surface area contributed by atoms with E-state index >= 15 is 0 Å². The van der Waals surface area contributed by atoms with Gasteiger partial charge in [-0.25, -0.2) is 4.79 Å². The number of aryl methyl sites for hydroxylation is 1. The van der Waals surface area contributed by atoms with Gasteiger partial charge in [-0.05, 0) is 18.9 Å². The molecule has 0 unspecified atom stereocenters. The van der Waals surface area contributed by atoms with Crippen LogP contribution in [0.1, 0.15) is 11.1 Å². The molecule has 0 saturated carbocycles. The molecule has 1 fully saturated rings. The number of hydrogen-bond acceptors (Lipinski definition) is 2. The van der Waals surface area contributed by atoms with Crippen LogP contribution in [-0.4, -0.2) is 47.8 Å². The zero-order valence-corrected chi connectivity index (χ0v) is 13.1. The third-order valence-electron chi connectivity index (χ3n) is 4.16. The van der Waals surface area contributed by atoms with Crippen LogP contribution < -0.4 is 5.32 Å². The quantitative estimate of drug-likeness (QED) is 0.881. The number of rotatable bonds is 4. The number of hydrogen-bond donors (Lipinski definition) is 2. The monoisotopic (exact) mass is 344 g/mol. The first-order valence-corrected chi connectivity index (χ1v) is 7.56. The van der Waals surface area contributed by atoms with E-state index in [0.29, 0.717) is 6.42 Å². The van der Waals surface area contributed by atoms with Crippen LogP contribution in [0.5, 0.6) is 0 Å². The largest absolute Gasteiger partial charge is 0.481 e. The van der Waals surface area contributed by atoms with Crippen LogP contribution in [0, 0.1) is 18.8 Å². The molecule has 1 heterocycles. The smallest absolute Gasteiger partial charge is 0.394 e. The maximum absolute atomic E-state index is 12.9. The van der Waals surface area contributed by atoms with Crippen LogP contribution in [0.25, 0.3) is 0 Å². The number of amides is 2. The lowest BCUT2D eigenvalue weighted by Gasteiger charge is -2.18. The molecule has 0 spiro atoms. The minimum Gasteiger partial charge on any atom is -0.481 e. The van der Waals surface area contributed by atoms with Gasteiger partial charge in [0.15, 0.2) is 0 Å². The molecule has 2 rings (SSSR count). The third kappa shape index (κ3) is 4.39. The van der Waals surface area contributed by atoms with Crippen molar-refractivity contribution in [2.45, 2.75) is 19.5 Å². The van der Waals surface area contributed by atoms with E-state index in [1.165, 1.54) is 0 Å². The number of halogens is 3. The Kier molecular flexibility index (Phi) is 5.36. The van der Waals surface area contributed by atoms with E-state index in [9.17, 15) is 22.8 Å². The van der Waals surface area contributed by atoms with Crippen LogP contribution in [0.3, 0.4) is 0 Å². The second-order valence-electron chi connectivity index (χ2n) is 5.97. The van der Waals surface area contributed by atoms with Gasteiger partial charge in [-0.2, -0.15) is 13.2 Å². The van der Waals surface area contributed by atoms with Crippen LogP contribution in [0.4, 0.5) is 18.0 Å². The summed E-state index contributed by atoms with van der Waals surface area (Å²) in [5, 5.41) is 11.5. The fraction of sp³-hybridized carbons (Fsp3) is 0.500. The first-order valence-electron chi connectivity index (χ1n) is 7.56. The lowest BCUT2D eigenvalue weighted by atomic mass is 9.96. The normalized spacial score (nSPS) is 20.9. The number of aliphatic carboxylic acids is 1. The number of likely N-dealkylation sites (tertiary alicyclic amines) is 1. The van der Waals surface area contributed by atoms with Gasteiger partial charge < -0.3 is 15.3 Å². The molecule has 0 bridgehead atoms. The van der Waals surface area contributed by atoms with E-state index in [1.807, 2.05) is 31.2 Å². The number of carbonyl (C=O) groups is 2. The molecule has 1 aliphatic heterocycles. The number of carbonyl (C=O) groups excluding carboxylic acids is 1. The molecule has 1 aliphatic rings. The number of carboxylic acid groups (broad SMARTS) is 1. The number of nitrogens with one attached hydrogen (secondary N) is 1. The van der Waals surface area contributed by atoms with Gasteiger partial charge in [0.2, 0.25) is 0 Å². The second-order valence-corrected chi connectivity index (χ2v) is 5.97. The average molecular weight is 344 g/mol. The highest BCUT2D eigenvalue weighted by atomic mass is 19.4. The Labute approximate surface area is 137 Å². The molecule has 0 aliphatic carbocycles. The molecule has 1 saturated heterocycles. The van der Waals surface area contributed by atoms with Gasteiger partial charge in [-0.1, -0.05) is 29.8 Å². The van der Waals surface area contributed by atoms with Crippen molar-refractivity contribution in [3.63, 3.8) is 0 Å². The molecule has 24 heavy (non-hydrogen) atoms. The Bertz CT molecular complexity index is 602. The van der Waals surface area contributed by atoms with Gasteiger partial charge in [-0.3, -0.25) is 4.79 Å². The predicted octanol–water partition coefficient (Wildman–Crippen LogP) is 2.44. The van der Waals surface area contributed by atoms with E-state index in [1.54, 1.807) is 0 Å². The van der Waals surface area contributed by atoms with Crippen LogP contribution in [-0.2, 0) is 11.2 Å². The predicted molar refractivity (Wildman–Crippen MR) is 80.5 cm³/mol. The van der Waals surface area contributed by atoms with Gasteiger partial charge in [0, 0.05) is 19.6 Å². The van der Waals surface area contributed by atoms with Crippen molar-refractivity contribution in [3.8, 4) is 0 Å². The zero-order valence-electron chi connectivity index (χ0n) is 13.1. The first-order chi connectivity index (χ1) is 11.2. The van der Waals surface area contributed by atoms with Crippen molar-refractivity contribution in [2.75, 3.05) is 19.6 Å². The van der Waals surface area contributed by atoms with Crippen molar-refractivity contribution in [1.82, 2.24) is 10.2 Å². The maximum atomic E-state index is 12.9. The van der Waals surface area contributed by atoms with Gasteiger partial charge in [0.25, 0.3) is 0 Å². The van der Waals surface area contributed by atoms with E-state index < -0.39 is 43.1 Å². The fourth-order valence-electron chi connectivity index (χ4n) is 2.73. The first kappa shape index (κ1) is 18.1. The maximum Gasteiger partial charge on any atom is 0.394 e. The minimum atomic E-state index is -4.64. The summed E-state index contributed by atoms with van der Waals surface area (Å²) in [6, 6.07) is 7.03. The Morgan fingerprint density at radius 1 is 1.25 bits per heavy atom. The number of nitrogens with zero attached hydrogens (tertiary/aromatic N) is 1. The summed E-state index contributed by atoms with van der Waals surface area (Å²) in [4.78, 5) is 23.9. The molecule has 2 amide bonds. The van der Waals surface area contributed by atoms with Gasteiger partial charge in [-0.15, -0.1) is 0 Å². The van der Waals surface area contributed by atoms with E-state index in [2.05, 4.69) is 5.32 Å². The summed E-state index contributed by atoms with van der Waals surface area (Å²) in [6.07, 6.45) is -4.09. The molecule has 132 valence electrons. The van der Waals surface area contributed by atoms with Gasteiger partial charge >= 0.3 is 18.2 Å². The van der Waals surface area contributed by atoms with Crippen LogP contribution in [0.2, 0.25) is 0 Å². The van der Waals surface area contributed by atoms with Crippen molar-refractivity contribution in [2.24, 2.45) is 11.8 Å². The topological polar surface area (TPSA) is 69.6 Å². The summed E-state index contributed by atoms with van der Waals surface area (Å²) in [5.41, 5.74) is 2.11. The van der Waals surface area contributed by atoms with Crippen molar-refractivity contribution < 1.29 is 27.9 Å². The fourth-order valence-corrected chi connectivity index (χ4v) is 2.73. The van der Waals surface area contributed by atoms with Crippen molar-refractivity contribution in [1.29, 1.82) is 0 Å². The Morgan fingerprint density at radius 3 is 2.38 bits per heavy atom.